The number of hydrogen-bond acceptors (Lipinski definition) is 2. The van der Waals surface area contributed by atoms with E-state index in [0.717, 1.165) is 12.8 Å². The molecule has 22 heavy (non-hydrogen) atoms. The molecule has 1 aromatic rings. The third-order valence-corrected chi connectivity index (χ3v) is 4.52. The van der Waals surface area contributed by atoms with Crippen molar-refractivity contribution in [3.8, 4) is 0 Å². The summed E-state index contributed by atoms with van der Waals surface area (Å²) in [6.07, 6.45) is 3.45. The number of nitrogens with one attached hydrogen (secondary N) is 1. The van der Waals surface area contributed by atoms with E-state index in [9.17, 15) is 9.90 Å². The van der Waals surface area contributed by atoms with Crippen LogP contribution in [0.3, 0.4) is 0 Å². The molecule has 2 N–H and O–H groups in total. The van der Waals surface area contributed by atoms with Gasteiger partial charge >= 0.3 is 6.03 Å². The van der Waals surface area contributed by atoms with Crippen LogP contribution in [-0.2, 0) is 5.41 Å². The van der Waals surface area contributed by atoms with Crippen molar-refractivity contribution >= 4 is 6.03 Å². The highest BCUT2D eigenvalue weighted by Crippen LogP contribution is 2.43. The van der Waals surface area contributed by atoms with Gasteiger partial charge in [0.2, 0.25) is 0 Å². The minimum absolute atomic E-state index is 0.0884. The molecule has 1 fully saturated rings. The van der Waals surface area contributed by atoms with Gasteiger partial charge in [-0.3, -0.25) is 0 Å². The molecule has 0 unspecified atom stereocenters. The summed E-state index contributed by atoms with van der Waals surface area (Å²) in [5.41, 5.74) is 0.526. The van der Waals surface area contributed by atoms with Crippen molar-refractivity contribution in [2.45, 2.75) is 51.0 Å². The monoisotopic (exact) mass is 304 g/mol. The van der Waals surface area contributed by atoms with Crippen molar-refractivity contribution < 1.29 is 9.90 Å². The summed E-state index contributed by atoms with van der Waals surface area (Å²) in [6.45, 7) is 6.97. The number of urea groups is 1. The molecule has 1 saturated carbocycles. The van der Waals surface area contributed by atoms with Crippen LogP contribution in [0.4, 0.5) is 4.79 Å². The molecule has 1 aromatic carbocycles. The first-order valence-electron chi connectivity index (χ1n) is 8.17. The van der Waals surface area contributed by atoms with Gasteiger partial charge in [0.1, 0.15) is 0 Å². The lowest BCUT2D eigenvalue weighted by Gasteiger charge is -2.43. The standard InChI is InChI=1S/C18H28N2O2/c1-4-20(14-17(2,3)22)16(21)19-13-18(11-8-12-18)15-9-6-5-7-10-15/h5-7,9-10,22H,4,8,11-14H2,1-3H3,(H,19,21). The van der Waals surface area contributed by atoms with Crippen LogP contribution >= 0.6 is 0 Å². The zero-order valence-corrected chi connectivity index (χ0v) is 13.9. The van der Waals surface area contributed by atoms with Crippen LogP contribution in [0.25, 0.3) is 0 Å². The van der Waals surface area contributed by atoms with Crippen molar-refractivity contribution in [1.82, 2.24) is 10.2 Å². The van der Waals surface area contributed by atoms with E-state index in [1.165, 1.54) is 12.0 Å². The Bertz CT molecular complexity index is 490. The Balaban J connectivity index is 1.97. The summed E-state index contributed by atoms with van der Waals surface area (Å²) < 4.78 is 0. The number of carbonyl (C=O) groups is 1. The van der Waals surface area contributed by atoms with Crippen molar-refractivity contribution in [3.63, 3.8) is 0 Å². The first kappa shape index (κ1) is 16.8. The third-order valence-electron chi connectivity index (χ3n) is 4.52. The number of aliphatic hydroxyl groups is 1. The second-order valence-electron chi connectivity index (χ2n) is 6.99. The van der Waals surface area contributed by atoms with Gasteiger partial charge in [-0.25, -0.2) is 4.79 Å². The van der Waals surface area contributed by atoms with Crippen LogP contribution in [0.2, 0.25) is 0 Å². The molecule has 0 radical (unpaired) electrons. The Morgan fingerprint density at radius 3 is 2.41 bits per heavy atom. The molecule has 0 atom stereocenters. The quantitative estimate of drug-likeness (QED) is 0.849. The van der Waals surface area contributed by atoms with Crippen molar-refractivity contribution in [2.75, 3.05) is 19.6 Å². The van der Waals surface area contributed by atoms with E-state index >= 15 is 0 Å². The number of nitrogens with zero attached hydrogens (tertiary/aromatic N) is 1. The van der Waals surface area contributed by atoms with Gasteiger partial charge in [-0.2, -0.15) is 0 Å². The Hall–Kier alpha value is -1.55. The Morgan fingerprint density at radius 1 is 1.32 bits per heavy atom. The molecule has 0 heterocycles. The fourth-order valence-corrected chi connectivity index (χ4v) is 3.11. The number of likely N-dealkylation sites (N-methyl/N-ethyl adjacent to an activating group) is 1. The minimum Gasteiger partial charge on any atom is -0.389 e. The molecule has 4 heteroatoms. The summed E-state index contributed by atoms with van der Waals surface area (Å²) in [5, 5.41) is 13.0. The van der Waals surface area contributed by atoms with E-state index in [-0.39, 0.29) is 11.4 Å². The lowest BCUT2D eigenvalue weighted by Crippen LogP contribution is -2.51. The highest BCUT2D eigenvalue weighted by Gasteiger charge is 2.39. The number of benzene rings is 1. The first-order chi connectivity index (χ1) is 10.4. The molecular weight excluding hydrogens is 276 g/mol. The maximum atomic E-state index is 12.4. The van der Waals surface area contributed by atoms with E-state index in [0.29, 0.717) is 19.6 Å². The largest absolute Gasteiger partial charge is 0.389 e. The number of carbonyl (C=O) groups excluding carboxylic acids is 1. The molecule has 0 aromatic heterocycles. The lowest BCUT2D eigenvalue weighted by molar-refractivity contribution is 0.0475. The zero-order chi connectivity index (χ0) is 16.2. The summed E-state index contributed by atoms with van der Waals surface area (Å²) >= 11 is 0. The highest BCUT2D eigenvalue weighted by atomic mass is 16.3. The molecule has 0 aliphatic heterocycles. The lowest BCUT2D eigenvalue weighted by atomic mass is 9.64. The Morgan fingerprint density at radius 2 is 1.95 bits per heavy atom. The van der Waals surface area contributed by atoms with Crippen LogP contribution in [0.5, 0.6) is 0 Å². The molecule has 2 rings (SSSR count). The van der Waals surface area contributed by atoms with Crippen LogP contribution in [-0.4, -0.2) is 41.3 Å². The SMILES string of the molecule is CCN(CC(C)(C)O)C(=O)NCC1(c2ccccc2)CCC1. The van der Waals surface area contributed by atoms with Gasteiger partial charge in [0, 0.05) is 18.5 Å². The number of hydrogen-bond donors (Lipinski definition) is 2. The molecule has 1 aliphatic rings. The van der Waals surface area contributed by atoms with Crippen molar-refractivity contribution in [2.24, 2.45) is 0 Å². The van der Waals surface area contributed by atoms with Crippen molar-refractivity contribution in [3.05, 3.63) is 35.9 Å². The molecule has 4 nitrogen and oxygen atoms in total. The molecule has 2 amide bonds. The van der Waals surface area contributed by atoms with Gasteiger partial charge < -0.3 is 15.3 Å². The van der Waals surface area contributed by atoms with E-state index in [1.807, 2.05) is 13.0 Å². The van der Waals surface area contributed by atoms with Gasteiger partial charge in [-0.15, -0.1) is 0 Å². The van der Waals surface area contributed by atoms with Crippen LogP contribution in [0, 0.1) is 0 Å². The number of amides is 2. The zero-order valence-electron chi connectivity index (χ0n) is 13.9. The van der Waals surface area contributed by atoms with E-state index < -0.39 is 5.60 Å². The number of rotatable bonds is 6. The molecule has 0 spiro atoms. The molecule has 1 aliphatic carbocycles. The molecule has 122 valence electrons. The Labute approximate surface area is 133 Å². The third kappa shape index (κ3) is 4.01. The average Bonchev–Trinajstić information content (AvgIpc) is 2.43. The fraction of sp³-hybridized carbons (Fsp3) is 0.611. The van der Waals surface area contributed by atoms with Gasteiger partial charge in [-0.1, -0.05) is 36.8 Å². The van der Waals surface area contributed by atoms with Gasteiger partial charge in [0.15, 0.2) is 0 Å². The minimum atomic E-state index is -0.874. The first-order valence-corrected chi connectivity index (χ1v) is 8.17. The summed E-state index contributed by atoms with van der Waals surface area (Å²) in [4.78, 5) is 14.0. The van der Waals surface area contributed by atoms with Gasteiger partial charge in [0.25, 0.3) is 0 Å². The summed E-state index contributed by atoms with van der Waals surface area (Å²) in [6, 6.07) is 10.4. The fourth-order valence-electron chi connectivity index (χ4n) is 3.11. The normalized spacial score (nSPS) is 16.7. The molecule has 0 bridgehead atoms. The highest BCUT2D eigenvalue weighted by molar-refractivity contribution is 5.74. The van der Waals surface area contributed by atoms with Crippen LogP contribution in [0.15, 0.2) is 30.3 Å². The van der Waals surface area contributed by atoms with E-state index in [1.54, 1.807) is 18.7 Å². The maximum Gasteiger partial charge on any atom is 0.317 e. The van der Waals surface area contributed by atoms with Crippen molar-refractivity contribution in [1.29, 1.82) is 0 Å². The van der Waals surface area contributed by atoms with Gasteiger partial charge in [-0.05, 0) is 39.2 Å². The average molecular weight is 304 g/mol. The Kier molecular flexibility index (Phi) is 5.12. The smallest absolute Gasteiger partial charge is 0.317 e. The van der Waals surface area contributed by atoms with Crippen LogP contribution < -0.4 is 5.32 Å². The topological polar surface area (TPSA) is 52.6 Å². The predicted octanol–water partition coefficient (Wildman–Crippen LogP) is 2.91. The molecular formula is C18H28N2O2. The second-order valence-corrected chi connectivity index (χ2v) is 6.99. The molecule has 0 saturated heterocycles. The summed E-state index contributed by atoms with van der Waals surface area (Å²) in [7, 11) is 0. The van der Waals surface area contributed by atoms with Crippen LogP contribution in [0.1, 0.15) is 45.6 Å². The second kappa shape index (κ2) is 6.69. The van der Waals surface area contributed by atoms with E-state index in [2.05, 4.69) is 29.6 Å². The predicted molar refractivity (Wildman–Crippen MR) is 88.9 cm³/mol. The summed E-state index contributed by atoms with van der Waals surface area (Å²) in [5.74, 6) is 0. The van der Waals surface area contributed by atoms with Gasteiger partial charge in [0.05, 0.1) is 12.1 Å². The maximum absolute atomic E-state index is 12.4. The van der Waals surface area contributed by atoms with E-state index in [4.69, 9.17) is 0 Å².